The Balaban J connectivity index is 1.15. The second kappa shape index (κ2) is 10.2. The fourth-order valence-electron chi connectivity index (χ4n) is 4.20. The monoisotopic (exact) mass is 462 g/mol. The van der Waals surface area contributed by atoms with E-state index in [1.807, 2.05) is 18.2 Å². The Morgan fingerprint density at radius 2 is 1.94 bits per heavy atom. The summed E-state index contributed by atoms with van der Waals surface area (Å²) >= 11 is 0. The lowest BCUT2D eigenvalue weighted by atomic mass is 10.2. The molecular formula is C26H27FN4O3. The Bertz CT molecular complexity index is 1280. The second-order valence-corrected chi connectivity index (χ2v) is 8.38. The highest BCUT2D eigenvalue weighted by molar-refractivity contribution is 5.94. The minimum Gasteiger partial charge on any atom is -0.441 e. The highest BCUT2D eigenvalue weighted by atomic mass is 19.1. The number of aryl methyl sites for hydroxylation is 1. The summed E-state index contributed by atoms with van der Waals surface area (Å²) in [4.78, 5) is 19.1. The van der Waals surface area contributed by atoms with Crippen LogP contribution in [0.15, 0.2) is 65.3 Å². The van der Waals surface area contributed by atoms with Gasteiger partial charge in [-0.3, -0.25) is 9.69 Å². The molecule has 1 aliphatic heterocycles. The van der Waals surface area contributed by atoms with E-state index in [0.29, 0.717) is 23.6 Å². The Hall–Kier alpha value is -3.49. The molecule has 176 valence electrons. The maximum Gasteiger partial charge on any atom is 0.224 e. The van der Waals surface area contributed by atoms with Crippen molar-refractivity contribution < 1.29 is 18.3 Å². The smallest absolute Gasteiger partial charge is 0.224 e. The lowest BCUT2D eigenvalue weighted by Crippen LogP contribution is -2.38. The molecule has 34 heavy (non-hydrogen) atoms. The molecule has 0 atom stereocenters. The van der Waals surface area contributed by atoms with Crippen LogP contribution in [0.25, 0.3) is 22.2 Å². The van der Waals surface area contributed by atoms with Gasteiger partial charge in [0.25, 0.3) is 0 Å². The van der Waals surface area contributed by atoms with Crippen molar-refractivity contribution in [3.05, 3.63) is 72.6 Å². The predicted molar refractivity (Wildman–Crippen MR) is 128 cm³/mol. The molecular weight excluding hydrogens is 435 g/mol. The number of amides is 1. The molecule has 4 aromatic rings. The number of oxazole rings is 1. The number of carbonyl (C=O) groups excluding carboxylic acids is 1. The number of nitrogens with one attached hydrogen (secondary N) is 1. The summed E-state index contributed by atoms with van der Waals surface area (Å²) in [5, 5.41) is 4.03. The van der Waals surface area contributed by atoms with Gasteiger partial charge >= 0.3 is 0 Å². The Morgan fingerprint density at radius 3 is 2.79 bits per heavy atom. The molecule has 8 heteroatoms. The van der Waals surface area contributed by atoms with Gasteiger partial charge in [0.2, 0.25) is 5.91 Å². The molecule has 2 aromatic carbocycles. The number of morpholine rings is 1. The van der Waals surface area contributed by atoms with E-state index in [9.17, 15) is 9.18 Å². The number of benzene rings is 2. The summed E-state index contributed by atoms with van der Waals surface area (Å²) in [5.41, 5.74) is 2.26. The Morgan fingerprint density at radius 1 is 1.09 bits per heavy atom. The van der Waals surface area contributed by atoms with Crippen LogP contribution in [0.5, 0.6) is 0 Å². The first kappa shape index (κ1) is 22.3. The first-order chi connectivity index (χ1) is 16.7. The molecule has 0 saturated carbocycles. The van der Waals surface area contributed by atoms with E-state index >= 15 is 0 Å². The average molecular weight is 463 g/mol. The van der Waals surface area contributed by atoms with Crippen LogP contribution in [0.1, 0.15) is 12.3 Å². The molecule has 0 spiro atoms. The van der Waals surface area contributed by atoms with Crippen molar-refractivity contribution in [3.63, 3.8) is 0 Å². The Kier molecular flexibility index (Phi) is 6.69. The molecule has 0 bridgehead atoms. The summed E-state index contributed by atoms with van der Waals surface area (Å²) in [7, 11) is 0. The van der Waals surface area contributed by atoms with E-state index in [2.05, 4.69) is 32.0 Å². The normalized spacial score (nSPS) is 14.5. The number of rotatable bonds is 8. The van der Waals surface area contributed by atoms with E-state index in [0.717, 1.165) is 56.0 Å². The number of nitrogens with zero attached hydrogens (tertiary/aromatic N) is 3. The van der Waals surface area contributed by atoms with E-state index in [-0.39, 0.29) is 18.1 Å². The summed E-state index contributed by atoms with van der Waals surface area (Å²) in [5.74, 6) is 0.267. The van der Waals surface area contributed by atoms with Gasteiger partial charge in [0, 0.05) is 61.8 Å². The quantitative estimate of drug-likeness (QED) is 0.422. The van der Waals surface area contributed by atoms with Crippen molar-refractivity contribution in [2.75, 3.05) is 38.2 Å². The number of ether oxygens (including phenoxy) is 1. The molecule has 7 nitrogen and oxygen atoms in total. The first-order valence-corrected chi connectivity index (χ1v) is 11.5. The van der Waals surface area contributed by atoms with E-state index < -0.39 is 0 Å². The summed E-state index contributed by atoms with van der Waals surface area (Å²) in [6.45, 7) is 5.47. The summed E-state index contributed by atoms with van der Waals surface area (Å²) < 4.78 is 27.2. The number of halogens is 1. The molecule has 0 radical (unpaired) electrons. The van der Waals surface area contributed by atoms with Gasteiger partial charge in [-0.15, -0.1) is 0 Å². The van der Waals surface area contributed by atoms with Crippen molar-refractivity contribution in [2.45, 2.75) is 19.4 Å². The zero-order valence-electron chi connectivity index (χ0n) is 18.9. The fraction of sp³-hybridized carbons (Fsp3) is 0.308. The third-order valence-electron chi connectivity index (χ3n) is 6.07. The van der Waals surface area contributed by atoms with Crippen LogP contribution in [-0.2, 0) is 22.5 Å². The van der Waals surface area contributed by atoms with Crippen LogP contribution in [0.4, 0.5) is 10.1 Å². The number of hydrogen-bond acceptors (Lipinski definition) is 5. The zero-order chi connectivity index (χ0) is 23.3. The molecule has 0 aliphatic carbocycles. The molecule has 1 aliphatic rings. The molecule has 5 rings (SSSR count). The van der Waals surface area contributed by atoms with Crippen LogP contribution in [0.2, 0.25) is 0 Å². The molecule has 1 amide bonds. The number of anilines is 1. The van der Waals surface area contributed by atoms with Gasteiger partial charge in [0.15, 0.2) is 11.7 Å². The van der Waals surface area contributed by atoms with Gasteiger partial charge in [-0.1, -0.05) is 12.1 Å². The van der Waals surface area contributed by atoms with Crippen LogP contribution in [-0.4, -0.2) is 53.2 Å². The molecule has 1 N–H and O–H groups in total. The maximum atomic E-state index is 13.9. The lowest BCUT2D eigenvalue weighted by molar-refractivity contribution is -0.116. The van der Waals surface area contributed by atoms with Crippen molar-refractivity contribution in [3.8, 4) is 11.3 Å². The molecule has 0 unspecified atom stereocenters. The zero-order valence-corrected chi connectivity index (χ0v) is 18.9. The predicted octanol–water partition coefficient (Wildman–Crippen LogP) is 4.34. The van der Waals surface area contributed by atoms with Crippen LogP contribution >= 0.6 is 0 Å². The van der Waals surface area contributed by atoms with Crippen molar-refractivity contribution >= 4 is 22.5 Å². The minimum absolute atomic E-state index is 0.128. The standard InChI is InChI=1S/C26H27FN4O3/c27-22-4-2-1-3-21(22)24-18-28-26(34-24)8-7-25(32)29-20-5-6-23-19(17-20)9-10-31(23)12-11-30-13-15-33-16-14-30/h1-6,9-10,17-18H,7-8,11-16H2,(H,29,32). The van der Waals surface area contributed by atoms with E-state index in [4.69, 9.17) is 9.15 Å². The maximum absolute atomic E-state index is 13.9. The van der Waals surface area contributed by atoms with Gasteiger partial charge in [0.1, 0.15) is 5.82 Å². The van der Waals surface area contributed by atoms with E-state index in [1.165, 1.54) is 12.3 Å². The molecule has 1 saturated heterocycles. The number of aromatic nitrogens is 2. The van der Waals surface area contributed by atoms with Gasteiger partial charge in [-0.2, -0.15) is 0 Å². The van der Waals surface area contributed by atoms with Gasteiger partial charge in [-0.25, -0.2) is 9.37 Å². The topological polar surface area (TPSA) is 72.5 Å². The van der Waals surface area contributed by atoms with Gasteiger partial charge in [-0.05, 0) is 36.4 Å². The summed E-state index contributed by atoms with van der Waals surface area (Å²) in [6.07, 6.45) is 4.13. The molecule has 3 heterocycles. The number of hydrogen-bond donors (Lipinski definition) is 1. The molecule has 1 fully saturated rings. The minimum atomic E-state index is -0.367. The Labute approximate surface area is 197 Å². The van der Waals surface area contributed by atoms with Crippen LogP contribution in [0.3, 0.4) is 0 Å². The van der Waals surface area contributed by atoms with Crippen molar-refractivity contribution in [1.82, 2.24) is 14.5 Å². The highest BCUT2D eigenvalue weighted by Gasteiger charge is 2.13. The van der Waals surface area contributed by atoms with Crippen LogP contribution in [0, 0.1) is 5.82 Å². The first-order valence-electron chi connectivity index (χ1n) is 11.5. The summed E-state index contributed by atoms with van der Waals surface area (Å²) in [6, 6.07) is 14.4. The van der Waals surface area contributed by atoms with Gasteiger partial charge in [0.05, 0.1) is 25.0 Å². The second-order valence-electron chi connectivity index (χ2n) is 8.38. The third kappa shape index (κ3) is 5.18. The largest absolute Gasteiger partial charge is 0.441 e. The van der Waals surface area contributed by atoms with Gasteiger partial charge < -0.3 is 19.0 Å². The van der Waals surface area contributed by atoms with Crippen LogP contribution < -0.4 is 5.32 Å². The third-order valence-corrected chi connectivity index (χ3v) is 6.07. The number of fused-ring (bicyclic) bond motifs is 1. The number of carbonyl (C=O) groups is 1. The SMILES string of the molecule is O=C(CCc1ncc(-c2ccccc2F)o1)Nc1ccc2c(ccn2CCN2CCOCC2)c1. The van der Waals surface area contributed by atoms with E-state index in [1.54, 1.807) is 18.2 Å². The lowest BCUT2D eigenvalue weighted by Gasteiger charge is -2.26. The van der Waals surface area contributed by atoms with Crippen molar-refractivity contribution in [1.29, 1.82) is 0 Å². The average Bonchev–Trinajstić information content (AvgIpc) is 3.49. The molecule has 2 aromatic heterocycles. The fourth-order valence-corrected chi connectivity index (χ4v) is 4.20. The highest BCUT2D eigenvalue weighted by Crippen LogP contribution is 2.24. The van der Waals surface area contributed by atoms with Crippen molar-refractivity contribution in [2.24, 2.45) is 0 Å².